The van der Waals surface area contributed by atoms with Crippen LogP contribution in [0.2, 0.25) is 0 Å². The van der Waals surface area contributed by atoms with Crippen LogP contribution in [0.5, 0.6) is 0 Å². The van der Waals surface area contributed by atoms with E-state index in [1.54, 1.807) is 12.1 Å². The maximum absolute atomic E-state index is 12.5. The number of benzene rings is 1. The van der Waals surface area contributed by atoms with Crippen LogP contribution in [-0.2, 0) is 6.18 Å². The van der Waals surface area contributed by atoms with Crippen molar-refractivity contribution in [1.82, 2.24) is 9.97 Å². The molecular weight excluding hydrogens is 321 g/mol. The molecule has 0 aliphatic carbocycles. The average molecular weight is 330 g/mol. The topological polar surface area (TPSA) is 74.7 Å². The van der Waals surface area contributed by atoms with Crippen molar-refractivity contribution in [3.05, 3.63) is 59.9 Å². The Kier molecular flexibility index (Phi) is 3.92. The summed E-state index contributed by atoms with van der Waals surface area (Å²) in [4.78, 5) is 8.00. The van der Waals surface area contributed by atoms with E-state index in [1.165, 1.54) is 24.5 Å². The Labute approximate surface area is 134 Å². The van der Waals surface area contributed by atoms with Gasteiger partial charge in [0.2, 0.25) is 0 Å². The molecule has 0 radical (unpaired) electrons. The SMILES string of the molecule is N#Cc1ccc(Nc2ncc(-c3ccc(C(F)(F)F)cc3)o2)nc1. The van der Waals surface area contributed by atoms with E-state index >= 15 is 0 Å². The van der Waals surface area contributed by atoms with Crippen LogP contribution < -0.4 is 5.32 Å². The Balaban J connectivity index is 1.76. The van der Waals surface area contributed by atoms with E-state index in [1.807, 2.05) is 6.07 Å². The van der Waals surface area contributed by atoms with Gasteiger partial charge in [-0.15, -0.1) is 0 Å². The molecule has 3 aromatic rings. The fourth-order valence-electron chi connectivity index (χ4n) is 1.93. The summed E-state index contributed by atoms with van der Waals surface area (Å²) in [6, 6.07) is 9.84. The van der Waals surface area contributed by atoms with Crippen molar-refractivity contribution in [3.63, 3.8) is 0 Å². The number of hydrogen-bond acceptors (Lipinski definition) is 5. The second kappa shape index (κ2) is 6.04. The minimum atomic E-state index is -4.38. The van der Waals surface area contributed by atoms with Crippen LogP contribution in [0.1, 0.15) is 11.1 Å². The molecule has 2 aromatic heterocycles. The normalized spacial score (nSPS) is 11.1. The number of rotatable bonds is 3. The standard InChI is InChI=1S/C16H9F3N4O/c17-16(18,19)12-4-2-11(3-5-12)13-9-22-15(24-13)23-14-6-1-10(7-20)8-21-14/h1-6,8-9H,(H,21,22,23). The third-order valence-corrected chi connectivity index (χ3v) is 3.13. The number of halogens is 3. The molecule has 0 saturated carbocycles. The number of anilines is 2. The highest BCUT2D eigenvalue weighted by molar-refractivity contribution is 5.59. The number of oxazole rings is 1. The predicted octanol–water partition coefficient (Wildman–Crippen LogP) is 4.37. The molecule has 0 aliphatic heterocycles. The van der Waals surface area contributed by atoms with Crippen molar-refractivity contribution >= 4 is 11.8 Å². The van der Waals surface area contributed by atoms with E-state index in [0.29, 0.717) is 22.7 Å². The minimum Gasteiger partial charge on any atom is -0.423 e. The first-order chi connectivity index (χ1) is 11.5. The Morgan fingerprint density at radius 3 is 2.33 bits per heavy atom. The van der Waals surface area contributed by atoms with E-state index in [4.69, 9.17) is 9.68 Å². The Morgan fingerprint density at radius 2 is 1.75 bits per heavy atom. The first-order valence-electron chi connectivity index (χ1n) is 6.72. The largest absolute Gasteiger partial charge is 0.423 e. The number of nitrogens with one attached hydrogen (secondary N) is 1. The monoisotopic (exact) mass is 330 g/mol. The van der Waals surface area contributed by atoms with Crippen molar-refractivity contribution in [1.29, 1.82) is 5.26 Å². The molecule has 0 bridgehead atoms. The molecule has 8 heteroatoms. The number of pyridine rings is 1. The van der Waals surface area contributed by atoms with Crippen molar-refractivity contribution in [2.45, 2.75) is 6.18 Å². The number of aromatic nitrogens is 2. The molecule has 2 heterocycles. The minimum absolute atomic E-state index is 0.141. The summed E-state index contributed by atoms with van der Waals surface area (Å²) in [5, 5.41) is 11.5. The highest BCUT2D eigenvalue weighted by Crippen LogP contribution is 2.31. The van der Waals surface area contributed by atoms with Gasteiger partial charge >= 0.3 is 12.2 Å². The van der Waals surface area contributed by atoms with Crippen molar-refractivity contribution in [2.24, 2.45) is 0 Å². The Morgan fingerprint density at radius 1 is 1.00 bits per heavy atom. The van der Waals surface area contributed by atoms with E-state index in [0.717, 1.165) is 12.1 Å². The van der Waals surface area contributed by atoms with E-state index in [2.05, 4.69) is 15.3 Å². The van der Waals surface area contributed by atoms with Crippen LogP contribution in [0.4, 0.5) is 25.0 Å². The Bertz CT molecular complexity index is 877. The summed E-state index contributed by atoms with van der Waals surface area (Å²) in [6.07, 6.45) is -1.59. The third kappa shape index (κ3) is 3.35. The van der Waals surface area contributed by atoms with E-state index in [-0.39, 0.29) is 6.01 Å². The van der Waals surface area contributed by atoms with Crippen molar-refractivity contribution in [2.75, 3.05) is 5.32 Å². The van der Waals surface area contributed by atoms with Gasteiger partial charge in [-0.05, 0) is 24.3 Å². The van der Waals surface area contributed by atoms with Gasteiger partial charge in [0.15, 0.2) is 5.76 Å². The highest BCUT2D eigenvalue weighted by Gasteiger charge is 2.30. The summed E-state index contributed by atoms with van der Waals surface area (Å²) in [6.45, 7) is 0. The van der Waals surface area contributed by atoms with Gasteiger partial charge in [-0.3, -0.25) is 5.32 Å². The van der Waals surface area contributed by atoms with Crippen LogP contribution in [-0.4, -0.2) is 9.97 Å². The second-order valence-corrected chi connectivity index (χ2v) is 4.77. The molecule has 5 nitrogen and oxygen atoms in total. The quantitative estimate of drug-likeness (QED) is 0.772. The smallest absolute Gasteiger partial charge is 0.416 e. The zero-order valence-corrected chi connectivity index (χ0v) is 12.0. The van der Waals surface area contributed by atoms with Gasteiger partial charge in [-0.1, -0.05) is 12.1 Å². The van der Waals surface area contributed by atoms with Gasteiger partial charge in [0.25, 0.3) is 0 Å². The maximum Gasteiger partial charge on any atom is 0.416 e. The molecule has 3 rings (SSSR count). The summed E-state index contributed by atoms with van der Waals surface area (Å²) in [7, 11) is 0. The molecule has 120 valence electrons. The van der Waals surface area contributed by atoms with E-state index in [9.17, 15) is 13.2 Å². The molecule has 0 spiro atoms. The predicted molar refractivity (Wildman–Crippen MR) is 79.2 cm³/mol. The lowest BCUT2D eigenvalue weighted by Crippen LogP contribution is -2.03. The van der Waals surface area contributed by atoms with Gasteiger partial charge in [0.1, 0.15) is 11.9 Å². The number of nitrogens with zero attached hydrogens (tertiary/aromatic N) is 3. The third-order valence-electron chi connectivity index (χ3n) is 3.13. The molecule has 24 heavy (non-hydrogen) atoms. The zero-order valence-electron chi connectivity index (χ0n) is 12.0. The van der Waals surface area contributed by atoms with Crippen LogP contribution in [0, 0.1) is 11.3 Å². The second-order valence-electron chi connectivity index (χ2n) is 4.77. The fourth-order valence-corrected chi connectivity index (χ4v) is 1.93. The summed E-state index contributed by atoms with van der Waals surface area (Å²) in [5.41, 5.74) is 0.153. The molecule has 0 saturated heterocycles. The summed E-state index contributed by atoms with van der Waals surface area (Å²) < 4.78 is 43.1. The molecule has 0 unspecified atom stereocenters. The lowest BCUT2D eigenvalue weighted by Gasteiger charge is -2.06. The van der Waals surface area contributed by atoms with Crippen LogP contribution in [0.3, 0.4) is 0 Å². The first kappa shape index (κ1) is 15.6. The van der Waals surface area contributed by atoms with Crippen LogP contribution >= 0.6 is 0 Å². The molecular formula is C16H9F3N4O. The fraction of sp³-hybridized carbons (Fsp3) is 0.0625. The van der Waals surface area contributed by atoms with E-state index < -0.39 is 11.7 Å². The molecule has 0 atom stereocenters. The molecule has 0 fully saturated rings. The van der Waals surface area contributed by atoms with Crippen molar-refractivity contribution in [3.8, 4) is 17.4 Å². The van der Waals surface area contributed by atoms with Crippen LogP contribution in [0.15, 0.2) is 53.2 Å². The van der Waals surface area contributed by atoms with Gasteiger partial charge in [0.05, 0.1) is 17.3 Å². The average Bonchev–Trinajstić information content (AvgIpc) is 3.03. The lowest BCUT2D eigenvalue weighted by molar-refractivity contribution is -0.137. The van der Waals surface area contributed by atoms with Gasteiger partial charge < -0.3 is 4.42 Å². The molecule has 1 N–H and O–H groups in total. The number of alkyl halides is 3. The molecule has 1 aromatic carbocycles. The van der Waals surface area contributed by atoms with Crippen molar-refractivity contribution < 1.29 is 17.6 Å². The van der Waals surface area contributed by atoms with Gasteiger partial charge in [-0.25, -0.2) is 9.97 Å². The first-order valence-corrected chi connectivity index (χ1v) is 6.72. The Hall–Kier alpha value is -3.34. The van der Waals surface area contributed by atoms with Crippen LogP contribution in [0.25, 0.3) is 11.3 Å². The zero-order chi connectivity index (χ0) is 17.2. The summed E-state index contributed by atoms with van der Waals surface area (Å²) in [5.74, 6) is 0.745. The molecule has 0 aliphatic rings. The van der Waals surface area contributed by atoms with Gasteiger partial charge in [-0.2, -0.15) is 18.4 Å². The number of nitriles is 1. The number of hydrogen-bond donors (Lipinski definition) is 1. The highest BCUT2D eigenvalue weighted by atomic mass is 19.4. The molecule has 0 amide bonds. The lowest BCUT2D eigenvalue weighted by atomic mass is 10.1. The summed E-state index contributed by atoms with van der Waals surface area (Å²) >= 11 is 0. The maximum atomic E-state index is 12.5. The van der Waals surface area contributed by atoms with Gasteiger partial charge in [0, 0.05) is 11.8 Å².